The predicted molar refractivity (Wildman–Crippen MR) is 279 cm³/mol. The first-order chi connectivity index (χ1) is 33.2. The zero-order chi connectivity index (χ0) is 45.5. The molecule has 0 saturated heterocycles. The standard InChI is InChI=1S/C64H44N2O2/c1-63(2)53-20-8-5-17-45(53)47-26-23-40(34-55(47)63)39-25-28-58-51(31-39)52-33-44(41-24-27-48-46-18-6-9-21-54(46)64(3,4)56(48)35-41)32-50(61(52)67-58)42-15-11-13-37(29-42)38-14-12-16-43(30-38)59-62-60(66-36-65-59)49-19-7-10-22-57(49)68-62/h5-36H,1-4H3. The summed E-state index contributed by atoms with van der Waals surface area (Å²) in [5, 5.41) is 3.18. The Balaban J connectivity index is 0.928. The molecule has 2 aliphatic rings. The Morgan fingerprint density at radius 2 is 0.838 bits per heavy atom. The molecule has 14 rings (SSSR count). The molecule has 12 aromatic rings. The average molecular weight is 873 g/mol. The van der Waals surface area contributed by atoms with Gasteiger partial charge in [-0.25, -0.2) is 9.97 Å². The van der Waals surface area contributed by atoms with Gasteiger partial charge in [-0.2, -0.15) is 0 Å². The van der Waals surface area contributed by atoms with Crippen molar-refractivity contribution in [1.29, 1.82) is 0 Å². The van der Waals surface area contributed by atoms with Crippen LogP contribution in [0.25, 0.3) is 122 Å². The van der Waals surface area contributed by atoms with Gasteiger partial charge in [0.15, 0.2) is 5.58 Å². The van der Waals surface area contributed by atoms with Gasteiger partial charge in [0.25, 0.3) is 0 Å². The number of benzene rings is 9. The first-order valence-corrected chi connectivity index (χ1v) is 23.5. The number of furan rings is 2. The van der Waals surface area contributed by atoms with E-state index in [0.29, 0.717) is 5.58 Å². The second-order valence-electron chi connectivity index (χ2n) is 19.7. The molecule has 0 aliphatic heterocycles. The minimum atomic E-state index is -0.122. The summed E-state index contributed by atoms with van der Waals surface area (Å²) in [7, 11) is 0. The van der Waals surface area contributed by atoms with Gasteiger partial charge in [-0.1, -0.05) is 155 Å². The van der Waals surface area contributed by atoms with E-state index in [1.165, 1.54) is 61.2 Å². The maximum atomic E-state index is 6.98. The van der Waals surface area contributed by atoms with Crippen LogP contribution in [0.2, 0.25) is 0 Å². The van der Waals surface area contributed by atoms with Crippen LogP contribution in [-0.2, 0) is 10.8 Å². The number of fused-ring (bicyclic) bond motifs is 12. The first-order valence-electron chi connectivity index (χ1n) is 23.5. The van der Waals surface area contributed by atoms with Crippen molar-refractivity contribution in [2.45, 2.75) is 38.5 Å². The van der Waals surface area contributed by atoms with E-state index in [0.717, 1.165) is 77.5 Å². The van der Waals surface area contributed by atoms with Crippen LogP contribution < -0.4 is 0 Å². The maximum Gasteiger partial charge on any atom is 0.180 e. The molecule has 4 nitrogen and oxygen atoms in total. The molecule has 3 aromatic heterocycles. The maximum absolute atomic E-state index is 6.98. The largest absolute Gasteiger partial charge is 0.455 e. The number of para-hydroxylation sites is 1. The lowest BCUT2D eigenvalue weighted by atomic mass is 9.81. The quantitative estimate of drug-likeness (QED) is 0.173. The number of nitrogens with zero attached hydrogens (tertiary/aromatic N) is 2. The molecule has 4 heteroatoms. The summed E-state index contributed by atoms with van der Waals surface area (Å²) in [6.45, 7) is 9.40. The lowest BCUT2D eigenvalue weighted by Crippen LogP contribution is -2.14. The van der Waals surface area contributed by atoms with Crippen LogP contribution in [0.4, 0.5) is 0 Å². The third-order valence-corrected chi connectivity index (χ3v) is 15.2. The fraction of sp³-hybridized carbons (Fsp3) is 0.0938. The molecule has 3 heterocycles. The molecule has 322 valence electrons. The van der Waals surface area contributed by atoms with E-state index in [2.05, 4.69) is 196 Å². The highest BCUT2D eigenvalue weighted by molar-refractivity contribution is 6.13. The Morgan fingerprint density at radius 3 is 1.56 bits per heavy atom. The molecule has 0 atom stereocenters. The lowest BCUT2D eigenvalue weighted by Gasteiger charge is -2.22. The summed E-state index contributed by atoms with van der Waals surface area (Å²) in [4.78, 5) is 9.36. The van der Waals surface area contributed by atoms with Gasteiger partial charge in [0, 0.05) is 38.1 Å². The molecule has 9 aromatic carbocycles. The van der Waals surface area contributed by atoms with Crippen LogP contribution in [0.3, 0.4) is 0 Å². The van der Waals surface area contributed by atoms with Crippen LogP contribution in [-0.4, -0.2) is 9.97 Å². The number of aromatic nitrogens is 2. The van der Waals surface area contributed by atoms with Gasteiger partial charge >= 0.3 is 0 Å². The molecule has 2 aliphatic carbocycles. The monoisotopic (exact) mass is 872 g/mol. The Labute approximate surface area is 394 Å². The van der Waals surface area contributed by atoms with Crippen molar-refractivity contribution in [3.05, 3.63) is 217 Å². The molecule has 68 heavy (non-hydrogen) atoms. The summed E-state index contributed by atoms with van der Waals surface area (Å²) >= 11 is 0. The van der Waals surface area contributed by atoms with Crippen LogP contribution in [0.1, 0.15) is 49.9 Å². The smallest absolute Gasteiger partial charge is 0.180 e. The molecule has 0 spiro atoms. The fourth-order valence-corrected chi connectivity index (χ4v) is 11.6. The lowest BCUT2D eigenvalue weighted by molar-refractivity contribution is 0.660. The molecule has 0 unspecified atom stereocenters. The molecular formula is C64H44N2O2. The van der Waals surface area contributed by atoms with Crippen molar-refractivity contribution in [2.75, 3.05) is 0 Å². The molecule has 0 bridgehead atoms. The topological polar surface area (TPSA) is 52.1 Å². The minimum Gasteiger partial charge on any atom is -0.455 e. The number of hydrogen-bond acceptors (Lipinski definition) is 4. The van der Waals surface area contributed by atoms with Gasteiger partial charge in [-0.05, 0) is 144 Å². The molecule has 0 radical (unpaired) electrons. The van der Waals surface area contributed by atoms with E-state index >= 15 is 0 Å². The van der Waals surface area contributed by atoms with E-state index in [4.69, 9.17) is 13.8 Å². The van der Waals surface area contributed by atoms with Gasteiger partial charge in [0.1, 0.15) is 34.3 Å². The predicted octanol–water partition coefficient (Wildman–Crippen LogP) is 17.2. The Bertz CT molecular complexity index is 4110. The molecule has 0 N–H and O–H groups in total. The summed E-state index contributed by atoms with van der Waals surface area (Å²) in [5.41, 5.74) is 25.4. The second-order valence-corrected chi connectivity index (χ2v) is 19.7. The van der Waals surface area contributed by atoms with Gasteiger partial charge in [-0.3, -0.25) is 0 Å². The van der Waals surface area contributed by atoms with Crippen LogP contribution in [0.15, 0.2) is 203 Å². The summed E-state index contributed by atoms with van der Waals surface area (Å²) in [6.07, 6.45) is 1.63. The number of rotatable bonds is 5. The van der Waals surface area contributed by atoms with Crippen LogP contribution in [0, 0.1) is 0 Å². The van der Waals surface area contributed by atoms with Crippen molar-refractivity contribution in [3.8, 4) is 78.0 Å². The molecule has 0 saturated carbocycles. The Hall–Kier alpha value is -8.34. The first kappa shape index (κ1) is 38.9. The van der Waals surface area contributed by atoms with Crippen molar-refractivity contribution in [3.63, 3.8) is 0 Å². The average Bonchev–Trinajstić information content (AvgIpc) is 4.08. The zero-order valence-electron chi connectivity index (χ0n) is 38.2. The van der Waals surface area contributed by atoms with E-state index in [1.54, 1.807) is 6.33 Å². The van der Waals surface area contributed by atoms with Crippen molar-refractivity contribution < 1.29 is 8.83 Å². The normalized spacial score (nSPS) is 14.1. The van der Waals surface area contributed by atoms with Gasteiger partial charge < -0.3 is 8.83 Å². The third kappa shape index (κ3) is 5.61. The van der Waals surface area contributed by atoms with Crippen molar-refractivity contribution in [1.82, 2.24) is 9.97 Å². The molecule has 0 amide bonds. The fourth-order valence-electron chi connectivity index (χ4n) is 11.6. The molecular weight excluding hydrogens is 829 g/mol. The third-order valence-electron chi connectivity index (χ3n) is 15.2. The van der Waals surface area contributed by atoms with E-state index < -0.39 is 0 Å². The van der Waals surface area contributed by atoms with E-state index in [-0.39, 0.29) is 10.8 Å². The molecule has 0 fully saturated rings. The van der Waals surface area contributed by atoms with Crippen LogP contribution in [0.5, 0.6) is 0 Å². The van der Waals surface area contributed by atoms with Gasteiger partial charge in [0.05, 0.1) is 0 Å². The summed E-state index contributed by atoms with van der Waals surface area (Å²) < 4.78 is 13.3. The van der Waals surface area contributed by atoms with Crippen molar-refractivity contribution >= 4 is 44.0 Å². The highest BCUT2D eigenvalue weighted by atomic mass is 16.3. The summed E-state index contributed by atoms with van der Waals surface area (Å²) in [6, 6.07) is 68.6. The number of hydrogen-bond donors (Lipinski definition) is 0. The SMILES string of the molecule is CC1(C)c2ccccc2-c2ccc(-c3ccc4oc5c(-c6cccc(-c7cccc(-c8ncnc9c8oc8ccccc89)c7)c6)cc(-c6ccc7c(c6)C(C)(C)c6ccccc6-7)cc5c4c3)cc21. The highest BCUT2D eigenvalue weighted by Crippen LogP contribution is 2.52. The van der Waals surface area contributed by atoms with Gasteiger partial charge in [-0.15, -0.1) is 0 Å². The second kappa shape index (κ2) is 14.1. The van der Waals surface area contributed by atoms with Crippen LogP contribution >= 0.6 is 0 Å². The van der Waals surface area contributed by atoms with Gasteiger partial charge in [0.2, 0.25) is 0 Å². The zero-order valence-corrected chi connectivity index (χ0v) is 38.2. The Kier molecular flexibility index (Phi) is 8.06. The Morgan fingerprint density at radius 1 is 0.324 bits per heavy atom. The summed E-state index contributed by atoms with van der Waals surface area (Å²) in [5.74, 6) is 0. The van der Waals surface area contributed by atoms with Crippen molar-refractivity contribution in [2.24, 2.45) is 0 Å². The van der Waals surface area contributed by atoms with E-state index in [1.807, 2.05) is 24.3 Å². The van der Waals surface area contributed by atoms with E-state index in [9.17, 15) is 0 Å². The minimum absolute atomic E-state index is 0.0865. The highest BCUT2D eigenvalue weighted by Gasteiger charge is 2.36.